The summed E-state index contributed by atoms with van der Waals surface area (Å²) < 4.78 is 0. The molecule has 0 unspecified atom stereocenters. The number of carbonyl (C=O) groups is 2. The van der Waals surface area contributed by atoms with Gasteiger partial charge in [0.15, 0.2) is 0 Å². The second-order valence-corrected chi connectivity index (χ2v) is 11.1. The third kappa shape index (κ3) is 5.23. The molecule has 0 amide bonds. The van der Waals surface area contributed by atoms with Gasteiger partial charge < -0.3 is 9.80 Å². The Hall–Kier alpha value is -4.78. The van der Waals surface area contributed by atoms with Gasteiger partial charge in [0, 0.05) is 22.7 Å². The third-order valence-electron chi connectivity index (χ3n) is 6.34. The van der Waals surface area contributed by atoms with Crippen LogP contribution in [0.25, 0.3) is 0 Å². The maximum Gasteiger partial charge on any atom is 0.244 e. The highest BCUT2D eigenvalue weighted by atomic mass is 32.1. The minimum absolute atomic E-state index is 0.412. The molecule has 0 aliphatic rings. The van der Waals surface area contributed by atoms with Crippen LogP contribution in [0.5, 0.6) is 0 Å². The number of carbonyl (C=O) groups excluding carboxylic acids is 2. The van der Waals surface area contributed by atoms with Gasteiger partial charge in [-0.1, -0.05) is 72.8 Å². The first kappa shape index (κ1) is 25.5. The zero-order chi connectivity index (χ0) is 27.3. The quantitative estimate of drug-likeness (QED) is 0.131. The van der Waals surface area contributed by atoms with Crippen molar-refractivity contribution < 1.29 is 9.59 Å². The Balaban J connectivity index is 1.29. The van der Waals surface area contributed by atoms with Crippen LogP contribution in [-0.4, -0.2) is 11.6 Å². The van der Waals surface area contributed by atoms with Crippen molar-refractivity contribution in [3.8, 4) is 0 Å². The fourth-order valence-corrected chi connectivity index (χ4v) is 6.45. The van der Waals surface area contributed by atoms with Crippen molar-refractivity contribution in [2.45, 2.75) is 0 Å². The first-order chi connectivity index (χ1) is 19.7. The highest BCUT2D eigenvalue weighted by Gasteiger charge is 2.25. The number of Topliss-reactive ketones (excluding diaryl/α,β-unsaturated/α-hetero) is 2. The summed E-state index contributed by atoms with van der Waals surface area (Å²) in [6.45, 7) is 0. The van der Waals surface area contributed by atoms with E-state index in [1.54, 1.807) is 12.1 Å². The Labute approximate surface area is 241 Å². The molecule has 4 aromatic carbocycles. The van der Waals surface area contributed by atoms with Crippen molar-refractivity contribution in [1.29, 1.82) is 0 Å². The predicted octanol–water partition coefficient (Wildman–Crippen LogP) is 9.81. The van der Waals surface area contributed by atoms with Gasteiger partial charge in [0.25, 0.3) is 0 Å². The first-order valence-corrected chi connectivity index (χ1v) is 14.4. The van der Waals surface area contributed by atoms with Crippen LogP contribution in [0.15, 0.2) is 146 Å². The Morgan fingerprint density at radius 2 is 0.650 bits per heavy atom. The largest absolute Gasteiger partial charge is 0.302 e. The van der Waals surface area contributed by atoms with Crippen molar-refractivity contribution in [1.82, 2.24) is 0 Å². The summed E-state index contributed by atoms with van der Waals surface area (Å²) in [5.74, 6) is -1.01. The van der Waals surface area contributed by atoms with Gasteiger partial charge in [-0.25, -0.2) is 0 Å². The van der Waals surface area contributed by atoms with Gasteiger partial charge >= 0.3 is 0 Å². The molecule has 2 heterocycles. The summed E-state index contributed by atoms with van der Waals surface area (Å²) in [5.41, 5.74) is 3.91. The SMILES string of the molecule is O=C(C(=O)c1ccc(N(c2ccccc2)c2ccccc2)s1)c1ccc(N(c2ccccc2)c2ccccc2)s1. The van der Waals surface area contributed by atoms with Gasteiger partial charge in [0.1, 0.15) is 10.0 Å². The maximum atomic E-state index is 13.4. The lowest BCUT2D eigenvalue weighted by Crippen LogP contribution is -2.12. The van der Waals surface area contributed by atoms with Crippen LogP contribution < -0.4 is 9.80 Å². The summed E-state index contributed by atoms with van der Waals surface area (Å²) in [5, 5.41) is 1.72. The number of hydrogen-bond acceptors (Lipinski definition) is 6. The molecule has 194 valence electrons. The van der Waals surface area contributed by atoms with E-state index in [0.717, 1.165) is 32.8 Å². The molecule has 4 nitrogen and oxygen atoms in total. The average molecular weight is 557 g/mol. The summed E-state index contributed by atoms with van der Waals surface area (Å²) >= 11 is 2.64. The number of anilines is 6. The Kier molecular flexibility index (Phi) is 7.35. The number of ketones is 2. The normalized spacial score (nSPS) is 10.7. The lowest BCUT2D eigenvalue weighted by Gasteiger charge is -2.23. The van der Waals surface area contributed by atoms with Gasteiger partial charge in [-0.15, -0.1) is 22.7 Å². The Morgan fingerprint density at radius 3 is 0.925 bits per heavy atom. The zero-order valence-electron chi connectivity index (χ0n) is 21.4. The van der Waals surface area contributed by atoms with E-state index >= 15 is 0 Å². The number of rotatable bonds is 9. The van der Waals surface area contributed by atoms with Crippen LogP contribution in [0, 0.1) is 0 Å². The maximum absolute atomic E-state index is 13.4. The Bertz CT molecular complexity index is 1520. The van der Waals surface area contributed by atoms with Crippen molar-refractivity contribution >= 4 is 67.0 Å². The second-order valence-electron chi connectivity index (χ2n) is 8.95. The molecule has 0 radical (unpaired) electrons. The minimum atomic E-state index is -0.503. The first-order valence-electron chi connectivity index (χ1n) is 12.8. The van der Waals surface area contributed by atoms with Crippen LogP contribution in [0.3, 0.4) is 0 Å². The van der Waals surface area contributed by atoms with Crippen LogP contribution >= 0.6 is 22.7 Å². The van der Waals surface area contributed by atoms with Gasteiger partial charge in [0.2, 0.25) is 11.6 Å². The fourth-order valence-electron chi connectivity index (χ4n) is 4.48. The van der Waals surface area contributed by atoms with Crippen LogP contribution in [-0.2, 0) is 0 Å². The van der Waals surface area contributed by atoms with Gasteiger partial charge in [-0.05, 0) is 72.8 Å². The number of hydrogen-bond donors (Lipinski definition) is 0. The summed E-state index contributed by atoms with van der Waals surface area (Å²) in [6, 6.07) is 47.3. The smallest absolute Gasteiger partial charge is 0.244 e. The van der Waals surface area contributed by atoms with Crippen molar-refractivity contribution in [3.05, 3.63) is 155 Å². The predicted molar refractivity (Wildman–Crippen MR) is 167 cm³/mol. The lowest BCUT2D eigenvalue weighted by atomic mass is 10.2. The van der Waals surface area contributed by atoms with E-state index in [4.69, 9.17) is 0 Å². The minimum Gasteiger partial charge on any atom is -0.302 e. The molecule has 0 saturated heterocycles. The summed E-state index contributed by atoms with van der Waals surface area (Å²) in [4.78, 5) is 31.8. The van der Waals surface area contributed by atoms with Crippen LogP contribution in [0.4, 0.5) is 32.8 Å². The van der Waals surface area contributed by atoms with E-state index in [9.17, 15) is 9.59 Å². The molecule has 40 heavy (non-hydrogen) atoms. The van der Waals surface area contributed by atoms with E-state index in [1.807, 2.05) is 133 Å². The molecule has 0 atom stereocenters. The lowest BCUT2D eigenvalue weighted by molar-refractivity contribution is 0.0821. The van der Waals surface area contributed by atoms with Crippen LogP contribution in [0.2, 0.25) is 0 Å². The van der Waals surface area contributed by atoms with Gasteiger partial charge in [-0.2, -0.15) is 0 Å². The van der Waals surface area contributed by atoms with Crippen molar-refractivity contribution in [3.63, 3.8) is 0 Å². The molecule has 0 saturated carbocycles. The third-order valence-corrected chi connectivity index (χ3v) is 8.47. The molecular weight excluding hydrogens is 533 g/mol. The average Bonchev–Trinajstić information content (AvgIpc) is 3.70. The molecule has 0 aliphatic heterocycles. The standard InChI is InChI=1S/C34H24N2O2S2/c37-33(29-21-23-31(39-29)35(25-13-5-1-6-14-25)26-15-7-2-8-16-26)34(38)30-22-24-32(40-30)36(27-17-9-3-10-18-27)28-19-11-4-12-20-28/h1-24H. The highest BCUT2D eigenvalue weighted by Crippen LogP contribution is 2.41. The fraction of sp³-hybridized carbons (Fsp3) is 0. The molecule has 0 bridgehead atoms. The summed E-state index contributed by atoms with van der Waals surface area (Å²) in [7, 11) is 0. The van der Waals surface area contributed by atoms with Gasteiger partial charge in [0.05, 0.1) is 9.75 Å². The van der Waals surface area contributed by atoms with Crippen LogP contribution in [0.1, 0.15) is 19.3 Å². The van der Waals surface area contributed by atoms with E-state index in [2.05, 4.69) is 9.80 Å². The van der Waals surface area contributed by atoms with Crippen molar-refractivity contribution in [2.24, 2.45) is 0 Å². The molecular formula is C34H24N2O2S2. The Morgan fingerprint density at radius 1 is 0.375 bits per heavy atom. The van der Waals surface area contributed by atoms with E-state index in [-0.39, 0.29) is 0 Å². The number of thiophene rings is 2. The molecule has 2 aromatic heterocycles. The molecule has 0 aliphatic carbocycles. The topological polar surface area (TPSA) is 40.6 Å². The molecule has 0 N–H and O–H groups in total. The summed E-state index contributed by atoms with van der Waals surface area (Å²) in [6.07, 6.45) is 0. The van der Waals surface area contributed by atoms with E-state index in [0.29, 0.717) is 9.75 Å². The molecule has 0 fully saturated rings. The second kappa shape index (κ2) is 11.5. The van der Waals surface area contributed by atoms with Gasteiger partial charge in [-0.3, -0.25) is 9.59 Å². The molecule has 6 aromatic rings. The van der Waals surface area contributed by atoms with E-state index < -0.39 is 11.6 Å². The zero-order valence-corrected chi connectivity index (χ0v) is 23.0. The van der Waals surface area contributed by atoms with Crippen molar-refractivity contribution in [2.75, 3.05) is 9.80 Å². The number of nitrogens with zero attached hydrogens (tertiary/aromatic N) is 2. The number of para-hydroxylation sites is 4. The van der Waals surface area contributed by atoms with E-state index in [1.165, 1.54) is 22.7 Å². The monoisotopic (exact) mass is 556 g/mol. The highest BCUT2D eigenvalue weighted by molar-refractivity contribution is 7.21. The number of benzene rings is 4. The molecule has 6 rings (SSSR count). The molecule has 6 heteroatoms. The molecule has 0 spiro atoms.